The van der Waals surface area contributed by atoms with Gasteiger partial charge >= 0.3 is 0 Å². The maximum Gasteiger partial charge on any atom is 0.236 e. The van der Waals surface area contributed by atoms with Gasteiger partial charge in [0, 0.05) is 30.7 Å². The molecule has 0 bridgehead atoms. The van der Waals surface area contributed by atoms with Crippen molar-refractivity contribution in [3.63, 3.8) is 0 Å². The van der Waals surface area contributed by atoms with E-state index >= 15 is 0 Å². The summed E-state index contributed by atoms with van der Waals surface area (Å²) in [5, 5.41) is 7.19. The molecule has 2 aromatic rings. The van der Waals surface area contributed by atoms with Gasteiger partial charge in [-0.05, 0) is 31.9 Å². The molecule has 1 aliphatic heterocycles. The number of fused-ring (bicyclic) bond motifs is 1. The van der Waals surface area contributed by atoms with Gasteiger partial charge in [0.2, 0.25) is 10.0 Å². The molecule has 154 valence electrons. The van der Waals surface area contributed by atoms with Crippen LogP contribution in [0.2, 0.25) is 0 Å². The van der Waals surface area contributed by atoms with Gasteiger partial charge < -0.3 is 10.6 Å². The molecule has 0 saturated carbocycles. The van der Waals surface area contributed by atoms with E-state index in [2.05, 4.69) is 20.6 Å². The number of hydrogen-bond acceptors (Lipinski definition) is 5. The van der Waals surface area contributed by atoms with Crippen LogP contribution in [-0.2, 0) is 23.0 Å². The highest BCUT2D eigenvalue weighted by molar-refractivity contribution is 14.0. The second kappa shape index (κ2) is 10.4. The Labute approximate surface area is 187 Å². The molecule has 0 saturated heterocycles. The number of aromatic nitrogens is 1. The Morgan fingerprint density at radius 1 is 1.32 bits per heavy atom. The minimum Gasteiger partial charge on any atom is -0.357 e. The number of halogens is 1. The van der Waals surface area contributed by atoms with Crippen LogP contribution in [0.5, 0.6) is 0 Å². The van der Waals surface area contributed by atoms with Crippen LogP contribution in [0.25, 0.3) is 0 Å². The Morgan fingerprint density at radius 3 is 2.82 bits per heavy atom. The zero-order chi connectivity index (χ0) is 19.3. The largest absolute Gasteiger partial charge is 0.357 e. The van der Waals surface area contributed by atoms with Crippen LogP contribution in [0.3, 0.4) is 0 Å². The third-order valence-electron chi connectivity index (χ3n) is 4.22. The summed E-state index contributed by atoms with van der Waals surface area (Å²) in [5.41, 5.74) is 1.89. The number of sulfonamides is 1. The van der Waals surface area contributed by atoms with Crippen molar-refractivity contribution in [1.29, 1.82) is 0 Å². The molecule has 0 radical (unpaired) electrons. The molecule has 0 amide bonds. The van der Waals surface area contributed by atoms with E-state index < -0.39 is 10.0 Å². The van der Waals surface area contributed by atoms with Crippen LogP contribution < -0.4 is 14.9 Å². The van der Waals surface area contributed by atoms with E-state index in [-0.39, 0.29) is 29.7 Å². The van der Waals surface area contributed by atoms with E-state index in [1.807, 2.05) is 44.3 Å². The molecule has 2 N–H and O–H groups in total. The van der Waals surface area contributed by atoms with Gasteiger partial charge in [0.25, 0.3) is 0 Å². The number of nitrogens with zero attached hydrogens (tertiary/aromatic N) is 3. The Hall–Kier alpha value is -1.40. The first kappa shape index (κ1) is 22.9. The predicted octanol–water partition coefficient (Wildman–Crippen LogP) is 2.52. The second-order valence-corrected chi connectivity index (χ2v) is 9.59. The zero-order valence-corrected chi connectivity index (χ0v) is 20.0. The van der Waals surface area contributed by atoms with Crippen LogP contribution in [0.15, 0.2) is 35.5 Å². The van der Waals surface area contributed by atoms with Crippen LogP contribution in [0.4, 0.5) is 5.69 Å². The van der Waals surface area contributed by atoms with E-state index in [9.17, 15) is 8.42 Å². The predicted molar refractivity (Wildman–Crippen MR) is 126 cm³/mol. The summed E-state index contributed by atoms with van der Waals surface area (Å²) >= 11 is 1.61. The molecule has 1 aromatic carbocycles. The van der Waals surface area contributed by atoms with Gasteiger partial charge in [-0.1, -0.05) is 18.2 Å². The number of anilines is 1. The van der Waals surface area contributed by atoms with Crippen molar-refractivity contribution >= 4 is 57.0 Å². The van der Waals surface area contributed by atoms with Crippen LogP contribution >= 0.6 is 35.3 Å². The molecule has 7 nitrogen and oxygen atoms in total. The van der Waals surface area contributed by atoms with Gasteiger partial charge in [0.15, 0.2) is 5.96 Å². The Balaban J connectivity index is 0.00000280. The minimum atomic E-state index is -3.37. The van der Waals surface area contributed by atoms with Gasteiger partial charge in [0.05, 0.1) is 18.0 Å². The minimum absolute atomic E-state index is 0. The van der Waals surface area contributed by atoms with Crippen molar-refractivity contribution in [2.75, 3.05) is 29.7 Å². The highest BCUT2D eigenvalue weighted by atomic mass is 127. The van der Waals surface area contributed by atoms with E-state index in [0.717, 1.165) is 27.6 Å². The molecular weight excluding hydrogens is 509 g/mol. The summed E-state index contributed by atoms with van der Waals surface area (Å²) in [4.78, 5) is 9.93. The monoisotopic (exact) mass is 535 g/mol. The summed E-state index contributed by atoms with van der Waals surface area (Å²) in [7, 11) is -3.37. The number of nitrogens with one attached hydrogen (secondary N) is 2. The third-order valence-corrected chi connectivity index (χ3v) is 6.89. The molecule has 1 aromatic heterocycles. The molecule has 0 unspecified atom stereocenters. The number of benzene rings is 1. The molecule has 28 heavy (non-hydrogen) atoms. The average Bonchev–Trinajstić information content (AvgIpc) is 3.26. The number of para-hydroxylation sites is 1. The Kier molecular flexibility index (Phi) is 8.50. The molecule has 0 fully saturated rings. The first-order chi connectivity index (χ1) is 13.0. The quantitative estimate of drug-likeness (QED) is 0.324. The van der Waals surface area contributed by atoms with Crippen LogP contribution in [-0.4, -0.2) is 44.7 Å². The molecule has 0 spiro atoms. The van der Waals surface area contributed by atoms with Crippen molar-refractivity contribution < 1.29 is 8.42 Å². The molecule has 10 heteroatoms. The molecule has 0 aliphatic carbocycles. The maximum atomic E-state index is 12.7. The lowest BCUT2D eigenvalue weighted by molar-refractivity contribution is 0.591. The maximum absolute atomic E-state index is 12.7. The first-order valence-electron chi connectivity index (χ1n) is 9.01. The van der Waals surface area contributed by atoms with E-state index in [0.29, 0.717) is 32.1 Å². The van der Waals surface area contributed by atoms with E-state index in [4.69, 9.17) is 0 Å². The number of hydrogen-bond donors (Lipinski definition) is 2. The highest BCUT2D eigenvalue weighted by Crippen LogP contribution is 2.29. The molecule has 2 heterocycles. The first-order valence-corrected chi connectivity index (χ1v) is 11.4. The Bertz CT molecular complexity index is 914. The summed E-state index contributed by atoms with van der Waals surface area (Å²) in [6.45, 7) is 5.97. The number of thiazole rings is 1. The number of aliphatic imine (C=N–C) groups is 1. The normalized spacial score (nSPS) is 13.8. The van der Waals surface area contributed by atoms with Crippen molar-refractivity contribution in [3.05, 3.63) is 45.9 Å². The van der Waals surface area contributed by atoms with Crippen molar-refractivity contribution in [2.24, 2.45) is 4.99 Å². The summed E-state index contributed by atoms with van der Waals surface area (Å²) < 4.78 is 27.0. The van der Waals surface area contributed by atoms with Crippen molar-refractivity contribution in [3.8, 4) is 0 Å². The van der Waals surface area contributed by atoms with Gasteiger partial charge in [-0.25, -0.2) is 18.4 Å². The topological polar surface area (TPSA) is 86.7 Å². The van der Waals surface area contributed by atoms with Crippen molar-refractivity contribution in [2.45, 2.75) is 26.8 Å². The van der Waals surface area contributed by atoms with Gasteiger partial charge in [-0.15, -0.1) is 35.3 Å². The van der Waals surface area contributed by atoms with Gasteiger partial charge in [-0.2, -0.15) is 0 Å². The summed E-state index contributed by atoms with van der Waals surface area (Å²) in [6, 6.07) is 7.68. The molecule has 0 atom stereocenters. The number of guanidine groups is 1. The lowest BCUT2D eigenvalue weighted by Crippen LogP contribution is -2.42. The smallest absolute Gasteiger partial charge is 0.236 e. The fourth-order valence-electron chi connectivity index (χ4n) is 2.97. The average molecular weight is 535 g/mol. The SMILES string of the molecule is CCNC(=NCc1ncc(C)s1)NCCS(=O)(=O)N1CCc2ccccc21.I. The Morgan fingerprint density at radius 2 is 2.11 bits per heavy atom. The summed E-state index contributed by atoms with van der Waals surface area (Å²) in [6.07, 6.45) is 2.59. The lowest BCUT2D eigenvalue weighted by atomic mass is 10.2. The van der Waals surface area contributed by atoms with Gasteiger partial charge in [-0.3, -0.25) is 4.31 Å². The molecule has 3 rings (SSSR count). The fourth-order valence-corrected chi connectivity index (χ4v) is 5.11. The molecular formula is C18H26IN5O2S2. The lowest BCUT2D eigenvalue weighted by Gasteiger charge is -2.20. The van der Waals surface area contributed by atoms with E-state index in [1.54, 1.807) is 11.3 Å². The summed E-state index contributed by atoms with van der Waals surface area (Å²) in [5.74, 6) is 0.615. The highest BCUT2D eigenvalue weighted by Gasteiger charge is 2.28. The van der Waals surface area contributed by atoms with Crippen LogP contribution in [0.1, 0.15) is 22.4 Å². The number of rotatable bonds is 7. The number of aryl methyl sites for hydroxylation is 1. The van der Waals surface area contributed by atoms with Gasteiger partial charge in [0.1, 0.15) is 5.01 Å². The van der Waals surface area contributed by atoms with Crippen LogP contribution in [0, 0.1) is 6.92 Å². The standard InChI is InChI=1S/C18H25N5O2S2.HI/c1-3-19-18(22-13-17-21-12-14(2)26-17)20-9-11-27(24,25)23-10-8-15-6-4-5-7-16(15)23;/h4-7,12H,3,8-11,13H2,1-2H3,(H2,19,20,22);1H. The third kappa shape index (κ3) is 5.80. The molecule has 1 aliphatic rings. The second-order valence-electron chi connectivity index (χ2n) is 6.25. The van der Waals surface area contributed by atoms with Crippen molar-refractivity contribution in [1.82, 2.24) is 15.6 Å². The zero-order valence-electron chi connectivity index (χ0n) is 16.0. The van der Waals surface area contributed by atoms with E-state index in [1.165, 1.54) is 4.31 Å². The fraction of sp³-hybridized carbons (Fsp3) is 0.444.